The van der Waals surface area contributed by atoms with Crippen molar-refractivity contribution in [3.8, 4) is 0 Å². The van der Waals surface area contributed by atoms with Crippen LogP contribution in [0.5, 0.6) is 0 Å². The lowest BCUT2D eigenvalue weighted by atomic mass is 10.2. The van der Waals surface area contributed by atoms with E-state index in [0.29, 0.717) is 5.56 Å². The van der Waals surface area contributed by atoms with Crippen LogP contribution in [0.25, 0.3) is 0 Å². The molecule has 1 saturated carbocycles. The molecular formula is C19H25N3O5. The van der Waals surface area contributed by atoms with Gasteiger partial charge in [0, 0.05) is 11.6 Å². The lowest BCUT2D eigenvalue weighted by Crippen LogP contribution is -2.48. The molecule has 0 bridgehead atoms. The van der Waals surface area contributed by atoms with E-state index in [4.69, 9.17) is 4.74 Å². The third kappa shape index (κ3) is 6.40. The second-order valence-electron chi connectivity index (χ2n) is 6.58. The SMILES string of the molecule is C[C@H](NC(=O)c1ccccc1)C(=O)O[C@H](C)C(=O)NC(=O)NC1CCCC1. The Hall–Kier alpha value is -2.90. The molecule has 0 aromatic heterocycles. The van der Waals surface area contributed by atoms with Gasteiger partial charge >= 0.3 is 12.0 Å². The molecule has 0 saturated heterocycles. The summed E-state index contributed by atoms with van der Waals surface area (Å²) in [5.74, 6) is -1.91. The van der Waals surface area contributed by atoms with Crippen LogP contribution in [0.2, 0.25) is 0 Å². The molecule has 1 aromatic rings. The summed E-state index contributed by atoms with van der Waals surface area (Å²) in [6.07, 6.45) is 2.73. The summed E-state index contributed by atoms with van der Waals surface area (Å²) >= 11 is 0. The van der Waals surface area contributed by atoms with Gasteiger partial charge in [-0.2, -0.15) is 0 Å². The second kappa shape index (κ2) is 9.70. The summed E-state index contributed by atoms with van der Waals surface area (Å²) < 4.78 is 5.04. The highest BCUT2D eigenvalue weighted by molar-refractivity contribution is 5.98. The molecular weight excluding hydrogens is 350 g/mol. The van der Waals surface area contributed by atoms with Crippen molar-refractivity contribution in [2.24, 2.45) is 0 Å². The second-order valence-corrected chi connectivity index (χ2v) is 6.58. The first-order valence-corrected chi connectivity index (χ1v) is 9.04. The van der Waals surface area contributed by atoms with Gasteiger partial charge in [0.1, 0.15) is 6.04 Å². The van der Waals surface area contributed by atoms with Crippen molar-refractivity contribution in [1.82, 2.24) is 16.0 Å². The number of benzene rings is 1. The number of amides is 4. The molecule has 1 fully saturated rings. The minimum Gasteiger partial charge on any atom is -0.451 e. The summed E-state index contributed by atoms with van der Waals surface area (Å²) in [5.41, 5.74) is 0.409. The van der Waals surface area contributed by atoms with Gasteiger partial charge in [-0.15, -0.1) is 0 Å². The van der Waals surface area contributed by atoms with Crippen molar-refractivity contribution in [2.45, 2.75) is 57.7 Å². The predicted molar refractivity (Wildman–Crippen MR) is 97.9 cm³/mol. The molecule has 146 valence electrons. The predicted octanol–water partition coefficient (Wildman–Crippen LogP) is 1.50. The molecule has 0 spiro atoms. The quantitative estimate of drug-likeness (QED) is 0.652. The standard InChI is InChI=1S/C19H25N3O5/c1-12(20-17(24)14-8-4-3-5-9-14)18(25)27-13(2)16(23)22-19(26)21-15-10-6-7-11-15/h3-5,8-9,12-13,15H,6-7,10-11H2,1-2H3,(H,20,24)(H2,21,22,23,26)/t12-,13+/m0/s1. The zero-order chi connectivity index (χ0) is 19.8. The third-order valence-electron chi connectivity index (χ3n) is 4.33. The van der Waals surface area contributed by atoms with E-state index < -0.39 is 36.0 Å². The average molecular weight is 375 g/mol. The van der Waals surface area contributed by atoms with Gasteiger partial charge in [-0.25, -0.2) is 9.59 Å². The van der Waals surface area contributed by atoms with Gasteiger partial charge < -0.3 is 15.4 Å². The first-order chi connectivity index (χ1) is 12.9. The largest absolute Gasteiger partial charge is 0.451 e. The smallest absolute Gasteiger partial charge is 0.329 e. The topological polar surface area (TPSA) is 114 Å². The summed E-state index contributed by atoms with van der Waals surface area (Å²) in [6.45, 7) is 2.82. The van der Waals surface area contributed by atoms with Crippen molar-refractivity contribution in [1.29, 1.82) is 0 Å². The molecule has 8 nitrogen and oxygen atoms in total. The van der Waals surface area contributed by atoms with Gasteiger partial charge in [0.25, 0.3) is 11.8 Å². The number of carbonyl (C=O) groups is 4. The normalized spacial score (nSPS) is 16.1. The van der Waals surface area contributed by atoms with Crippen molar-refractivity contribution in [3.05, 3.63) is 35.9 Å². The number of nitrogens with one attached hydrogen (secondary N) is 3. The maximum atomic E-state index is 12.1. The highest BCUT2D eigenvalue weighted by Gasteiger charge is 2.25. The van der Waals surface area contributed by atoms with E-state index in [9.17, 15) is 19.2 Å². The molecule has 0 radical (unpaired) electrons. The fraction of sp³-hybridized carbons (Fsp3) is 0.474. The summed E-state index contributed by atoms with van der Waals surface area (Å²) in [7, 11) is 0. The van der Waals surface area contributed by atoms with Gasteiger partial charge in [0.2, 0.25) is 0 Å². The van der Waals surface area contributed by atoms with Gasteiger partial charge in [-0.3, -0.25) is 14.9 Å². The first-order valence-electron chi connectivity index (χ1n) is 9.04. The van der Waals surface area contributed by atoms with Crippen molar-refractivity contribution in [2.75, 3.05) is 0 Å². The molecule has 1 aliphatic rings. The van der Waals surface area contributed by atoms with E-state index in [1.54, 1.807) is 30.3 Å². The molecule has 4 amide bonds. The Morgan fingerprint density at radius 2 is 1.67 bits per heavy atom. The van der Waals surface area contributed by atoms with Crippen LogP contribution in [0.3, 0.4) is 0 Å². The number of rotatable bonds is 6. The number of hydrogen-bond donors (Lipinski definition) is 3. The van der Waals surface area contributed by atoms with Crippen LogP contribution >= 0.6 is 0 Å². The average Bonchev–Trinajstić information content (AvgIpc) is 3.14. The summed E-state index contributed by atoms with van der Waals surface area (Å²) in [5, 5.41) is 7.39. The Morgan fingerprint density at radius 3 is 2.30 bits per heavy atom. The Kier molecular flexibility index (Phi) is 7.34. The number of hydrogen-bond acceptors (Lipinski definition) is 5. The first kappa shape index (κ1) is 20.4. The van der Waals surface area contributed by atoms with E-state index >= 15 is 0 Å². The zero-order valence-corrected chi connectivity index (χ0v) is 15.5. The van der Waals surface area contributed by atoms with Crippen LogP contribution in [-0.4, -0.2) is 42.0 Å². The number of urea groups is 1. The maximum Gasteiger partial charge on any atom is 0.329 e. The minimum absolute atomic E-state index is 0.0730. The van der Waals surface area contributed by atoms with Crippen LogP contribution in [0.4, 0.5) is 4.79 Å². The molecule has 1 aliphatic carbocycles. The molecule has 8 heteroatoms. The Bertz CT molecular complexity index is 686. The van der Waals surface area contributed by atoms with E-state index in [-0.39, 0.29) is 6.04 Å². The molecule has 27 heavy (non-hydrogen) atoms. The zero-order valence-electron chi connectivity index (χ0n) is 15.5. The fourth-order valence-electron chi connectivity index (χ4n) is 2.76. The number of ether oxygens (including phenoxy) is 1. The maximum absolute atomic E-state index is 12.1. The molecule has 0 heterocycles. The summed E-state index contributed by atoms with van der Waals surface area (Å²) in [4.78, 5) is 47.9. The van der Waals surface area contributed by atoms with Gasteiger partial charge in [0.05, 0.1) is 0 Å². The van der Waals surface area contributed by atoms with Crippen molar-refractivity contribution >= 4 is 23.8 Å². The fourth-order valence-corrected chi connectivity index (χ4v) is 2.76. The lowest BCUT2D eigenvalue weighted by molar-refractivity contribution is -0.155. The Labute approximate surface area is 158 Å². The van der Waals surface area contributed by atoms with Crippen molar-refractivity contribution < 1.29 is 23.9 Å². The molecule has 0 unspecified atom stereocenters. The van der Waals surface area contributed by atoms with Gasteiger partial charge in [-0.1, -0.05) is 31.0 Å². The van der Waals surface area contributed by atoms with E-state index in [1.165, 1.54) is 13.8 Å². The Balaban J connectivity index is 1.76. The highest BCUT2D eigenvalue weighted by Crippen LogP contribution is 2.17. The molecule has 2 atom stereocenters. The van der Waals surface area contributed by atoms with Crippen molar-refractivity contribution in [3.63, 3.8) is 0 Å². The van der Waals surface area contributed by atoms with Gasteiger partial charge in [0.15, 0.2) is 6.10 Å². The minimum atomic E-state index is -1.16. The lowest BCUT2D eigenvalue weighted by Gasteiger charge is -2.18. The van der Waals surface area contributed by atoms with Crippen LogP contribution in [0.15, 0.2) is 30.3 Å². The van der Waals surface area contributed by atoms with Crippen LogP contribution in [0, 0.1) is 0 Å². The number of carbonyl (C=O) groups excluding carboxylic acids is 4. The van der Waals surface area contributed by atoms with Crippen LogP contribution in [0.1, 0.15) is 49.9 Å². The van der Waals surface area contributed by atoms with Crippen LogP contribution < -0.4 is 16.0 Å². The van der Waals surface area contributed by atoms with E-state index in [0.717, 1.165) is 25.7 Å². The monoisotopic (exact) mass is 375 g/mol. The highest BCUT2D eigenvalue weighted by atomic mass is 16.5. The number of esters is 1. The third-order valence-corrected chi connectivity index (χ3v) is 4.33. The van der Waals surface area contributed by atoms with E-state index in [2.05, 4.69) is 16.0 Å². The molecule has 0 aliphatic heterocycles. The molecule has 3 N–H and O–H groups in total. The van der Waals surface area contributed by atoms with Crippen LogP contribution in [-0.2, 0) is 14.3 Å². The number of imide groups is 1. The van der Waals surface area contributed by atoms with E-state index in [1.807, 2.05) is 0 Å². The molecule has 1 aromatic carbocycles. The van der Waals surface area contributed by atoms with Gasteiger partial charge in [-0.05, 0) is 38.8 Å². The summed E-state index contributed by atoms with van der Waals surface area (Å²) in [6, 6.07) is 6.96. The Morgan fingerprint density at radius 1 is 1.04 bits per heavy atom. The molecule has 2 rings (SSSR count).